The maximum absolute atomic E-state index is 12.7. The van der Waals surface area contributed by atoms with Gasteiger partial charge in [0.05, 0.1) is 17.8 Å². The predicted octanol–water partition coefficient (Wildman–Crippen LogP) is 3.69. The van der Waals surface area contributed by atoms with Crippen LogP contribution in [0.3, 0.4) is 0 Å². The van der Waals surface area contributed by atoms with Crippen molar-refractivity contribution >= 4 is 15.9 Å². The Morgan fingerprint density at radius 3 is 2.75 bits per heavy atom. The van der Waals surface area contributed by atoms with E-state index < -0.39 is 11.7 Å². The maximum atomic E-state index is 12.7. The van der Waals surface area contributed by atoms with Crippen LogP contribution in [0, 0.1) is 0 Å². The molecule has 2 nitrogen and oxygen atoms in total. The molecule has 0 saturated carbocycles. The van der Waals surface area contributed by atoms with Crippen molar-refractivity contribution in [1.82, 2.24) is 4.90 Å². The van der Waals surface area contributed by atoms with E-state index in [1.807, 2.05) is 6.92 Å². The predicted molar refractivity (Wildman–Crippen MR) is 74.9 cm³/mol. The van der Waals surface area contributed by atoms with Crippen LogP contribution < -0.4 is 0 Å². The normalized spacial score (nSPS) is 24.9. The number of hydrogen-bond donors (Lipinski definition) is 0. The van der Waals surface area contributed by atoms with Crippen LogP contribution in [0.15, 0.2) is 24.3 Å². The maximum Gasteiger partial charge on any atom is 0.416 e. The van der Waals surface area contributed by atoms with E-state index in [-0.39, 0.29) is 12.2 Å². The van der Waals surface area contributed by atoms with E-state index >= 15 is 0 Å². The molecule has 20 heavy (non-hydrogen) atoms. The van der Waals surface area contributed by atoms with Crippen LogP contribution in [0.2, 0.25) is 0 Å². The first kappa shape index (κ1) is 15.8. The lowest BCUT2D eigenvalue weighted by Gasteiger charge is -2.36. The zero-order chi connectivity index (χ0) is 14.8. The van der Waals surface area contributed by atoms with Crippen LogP contribution >= 0.6 is 15.9 Å². The van der Waals surface area contributed by atoms with Crippen LogP contribution in [0.5, 0.6) is 0 Å². The number of ether oxygens (including phenoxy) is 1. The van der Waals surface area contributed by atoms with Gasteiger partial charge in [0.1, 0.15) is 0 Å². The first-order valence-corrected chi connectivity index (χ1v) is 7.60. The molecule has 0 spiro atoms. The van der Waals surface area contributed by atoms with Gasteiger partial charge in [0.15, 0.2) is 0 Å². The van der Waals surface area contributed by atoms with Gasteiger partial charge in [-0.05, 0) is 18.6 Å². The monoisotopic (exact) mass is 351 g/mol. The minimum atomic E-state index is -4.29. The summed E-state index contributed by atoms with van der Waals surface area (Å²) in [6.07, 6.45) is -4.10. The van der Waals surface area contributed by atoms with Gasteiger partial charge >= 0.3 is 6.18 Å². The lowest BCUT2D eigenvalue weighted by Crippen LogP contribution is -2.46. The molecular formula is C14H17BrF3NO. The highest BCUT2D eigenvalue weighted by Gasteiger charge is 2.31. The van der Waals surface area contributed by atoms with E-state index in [0.717, 1.165) is 24.5 Å². The quantitative estimate of drug-likeness (QED) is 0.770. The van der Waals surface area contributed by atoms with Gasteiger partial charge in [-0.2, -0.15) is 13.2 Å². The summed E-state index contributed by atoms with van der Waals surface area (Å²) < 4.78 is 43.8. The molecule has 1 aromatic carbocycles. The van der Waals surface area contributed by atoms with Crippen molar-refractivity contribution < 1.29 is 17.9 Å². The summed E-state index contributed by atoms with van der Waals surface area (Å²) in [5, 5.41) is 0.733. The second-order valence-corrected chi connectivity index (χ2v) is 5.76. The van der Waals surface area contributed by atoms with Crippen LogP contribution in [0.4, 0.5) is 13.2 Å². The first-order chi connectivity index (χ1) is 9.38. The van der Waals surface area contributed by atoms with E-state index in [4.69, 9.17) is 4.74 Å². The molecular weight excluding hydrogens is 335 g/mol. The Kier molecular flexibility index (Phi) is 5.09. The molecule has 1 aromatic rings. The van der Waals surface area contributed by atoms with Crippen LogP contribution in [-0.2, 0) is 17.5 Å². The van der Waals surface area contributed by atoms with E-state index in [2.05, 4.69) is 20.8 Å². The minimum absolute atomic E-state index is 0.0875. The Labute approximate surface area is 125 Å². The molecule has 0 N–H and O–H groups in total. The Bertz CT molecular complexity index is 452. The van der Waals surface area contributed by atoms with E-state index in [1.54, 1.807) is 6.07 Å². The second-order valence-electron chi connectivity index (χ2n) is 5.12. The van der Waals surface area contributed by atoms with Gasteiger partial charge in [0.25, 0.3) is 0 Å². The molecule has 1 aliphatic heterocycles. The summed E-state index contributed by atoms with van der Waals surface area (Å²) in [6, 6.07) is 5.53. The van der Waals surface area contributed by atoms with Crippen molar-refractivity contribution in [2.24, 2.45) is 0 Å². The molecule has 1 saturated heterocycles. The van der Waals surface area contributed by atoms with E-state index in [0.29, 0.717) is 12.1 Å². The zero-order valence-electron chi connectivity index (χ0n) is 11.2. The summed E-state index contributed by atoms with van der Waals surface area (Å²) in [7, 11) is 0. The van der Waals surface area contributed by atoms with Gasteiger partial charge in [-0.15, -0.1) is 0 Å². The summed E-state index contributed by atoms with van der Waals surface area (Å²) in [5.41, 5.74) is 0.0931. The number of nitrogens with zero attached hydrogens (tertiary/aromatic N) is 1. The average molecular weight is 352 g/mol. The van der Waals surface area contributed by atoms with Crippen molar-refractivity contribution in [3.8, 4) is 0 Å². The number of alkyl halides is 4. The Morgan fingerprint density at radius 1 is 1.35 bits per heavy atom. The second kappa shape index (κ2) is 6.45. The molecule has 2 atom stereocenters. The molecule has 0 aliphatic carbocycles. The third-order valence-corrected chi connectivity index (χ3v) is 3.96. The molecule has 0 radical (unpaired) electrons. The molecule has 0 amide bonds. The molecule has 112 valence electrons. The van der Waals surface area contributed by atoms with Crippen LogP contribution in [0.25, 0.3) is 0 Å². The molecule has 2 unspecified atom stereocenters. The van der Waals surface area contributed by atoms with Crippen LogP contribution in [-0.4, -0.2) is 35.5 Å². The lowest BCUT2D eigenvalue weighted by atomic mass is 10.1. The molecule has 0 bridgehead atoms. The number of rotatable bonds is 3. The smallest absolute Gasteiger partial charge is 0.372 e. The van der Waals surface area contributed by atoms with Crippen molar-refractivity contribution in [2.75, 3.05) is 18.4 Å². The number of morpholine rings is 1. The zero-order valence-corrected chi connectivity index (χ0v) is 12.7. The highest BCUT2D eigenvalue weighted by Crippen LogP contribution is 2.30. The first-order valence-electron chi connectivity index (χ1n) is 6.48. The Hall–Kier alpha value is -0.590. The summed E-state index contributed by atoms with van der Waals surface area (Å²) in [4.78, 5) is 2.13. The van der Waals surface area contributed by atoms with Gasteiger partial charge < -0.3 is 4.74 Å². The SMILES string of the molecule is CC1CN(Cc2cccc(C(F)(F)F)c2)CC(CBr)O1. The third-order valence-electron chi connectivity index (χ3n) is 3.23. The van der Waals surface area contributed by atoms with Crippen molar-refractivity contribution in [2.45, 2.75) is 31.9 Å². The van der Waals surface area contributed by atoms with Gasteiger partial charge in [-0.25, -0.2) is 0 Å². The molecule has 1 fully saturated rings. The highest BCUT2D eigenvalue weighted by atomic mass is 79.9. The van der Waals surface area contributed by atoms with Crippen LogP contribution in [0.1, 0.15) is 18.1 Å². The number of benzene rings is 1. The largest absolute Gasteiger partial charge is 0.416 e. The van der Waals surface area contributed by atoms with E-state index in [1.165, 1.54) is 12.1 Å². The van der Waals surface area contributed by atoms with Gasteiger partial charge in [-0.1, -0.05) is 34.1 Å². The lowest BCUT2D eigenvalue weighted by molar-refractivity contribution is -0.137. The topological polar surface area (TPSA) is 12.5 Å². The van der Waals surface area contributed by atoms with Gasteiger partial charge in [0, 0.05) is 25.0 Å². The summed E-state index contributed by atoms with van der Waals surface area (Å²) in [6.45, 7) is 3.96. The highest BCUT2D eigenvalue weighted by molar-refractivity contribution is 9.09. The summed E-state index contributed by atoms with van der Waals surface area (Å²) in [5.74, 6) is 0. The fraction of sp³-hybridized carbons (Fsp3) is 0.571. The molecule has 1 heterocycles. The van der Waals surface area contributed by atoms with Gasteiger partial charge in [-0.3, -0.25) is 4.90 Å². The fourth-order valence-electron chi connectivity index (χ4n) is 2.46. The molecule has 6 heteroatoms. The molecule has 2 rings (SSSR count). The third kappa shape index (κ3) is 4.20. The van der Waals surface area contributed by atoms with Crippen molar-refractivity contribution in [1.29, 1.82) is 0 Å². The fourth-order valence-corrected chi connectivity index (χ4v) is 2.82. The van der Waals surface area contributed by atoms with Crippen molar-refractivity contribution in [3.63, 3.8) is 0 Å². The number of hydrogen-bond acceptors (Lipinski definition) is 2. The molecule has 0 aromatic heterocycles. The van der Waals surface area contributed by atoms with Crippen molar-refractivity contribution in [3.05, 3.63) is 35.4 Å². The minimum Gasteiger partial charge on any atom is -0.372 e. The summed E-state index contributed by atoms with van der Waals surface area (Å²) >= 11 is 3.39. The Balaban J connectivity index is 2.06. The number of halogens is 4. The van der Waals surface area contributed by atoms with Gasteiger partial charge in [0.2, 0.25) is 0 Å². The standard InChI is InChI=1S/C14H17BrF3NO/c1-10-7-19(9-13(6-15)20-10)8-11-3-2-4-12(5-11)14(16,17)18/h2-5,10,13H,6-9H2,1H3. The molecule has 1 aliphatic rings. The Morgan fingerprint density at radius 2 is 2.10 bits per heavy atom. The average Bonchev–Trinajstić information content (AvgIpc) is 2.37. The van der Waals surface area contributed by atoms with E-state index in [9.17, 15) is 13.2 Å².